The summed E-state index contributed by atoms with van der Waals surface area (Å²) in [6.07, 6.45) is 6.09. The Kier molecular flexibility index (Phi) is 1.50. The van der Waals surface area contributed by atoms with Gasteiger partial charge in [0.05, 0.1) is 5.69 Å². The van der Waals surface area contributed by atoms with Crippen LogP contribution in [0.1, 0.15) is 5.56 Å². The van der Waals surface area contributed by atoms with E-state index in [9.17, 15) is 0 Å². The Hall–Kier alpha value is -1.90. The SMILES string of the molecule is C1=Cc2ccccc2N2CN=NC2=C1. The second-order valence-corrected chi connectivity index (χ2v) is 3.25. The molecule has 0 spiro atoms. The van der Waals surface area contributed by atoms with Crippen molar-refractivity contribution in [3.63, 3.8) is 0 Å². The number of hydrogen-bond acceptors (Lipinski definition) is 3. The number of nitrogens with zero attached hydrogens (tertiary/aromatic N) is 3. The molecule has 0 aromatic heterocycles. The molecule has 3 nitrogen and oxygen atoms in total. The zero-order valence-corrected chi connectivity index (χ0v) is 7.59. The zero-order valence-electron chi connectivity index (χ0n) is 7.59. The molecule has 0 amide bonds. The molecule has 0 aliphatic carbocycles. The van der Waals surface area contributed by atoms with Crippen LogP contribution in [-0.2, 0) is 0 Å². The third kappa shape index (κ3) is 0.988. The second-order valence-electron chi connectivity index (χ2n) is 3.25. The minimum absolute atomic E-state index is 0.629. The highest BCUT2D eigenvalue weighted by Gasteiger charge is 2.19. The number of fused-ring (bicyclic) bond motifs is 3. The summed E-state index contributed by atoms with van der Waals surface area (Å²) in [4.78, 5) is 2.11. The molecule has 1 aromatic carbocycles. The zero-order chi connectivity index (χ0) is 9.38. The van der Waals surface area contributed by atoms with Crippen LogP contribution < -0.4 is 4.90 Å². The summed E-state index contributed by atoms with van der Waals surface area (Å²) >= 11 is 0. The van der Waals surface area contributed by atoms with Crippen LogP contribution in [0.5, 0.6) is 0 Å². The molecular weight excluding hydrogens is 174 g/mol. The van der Waals surface area contributed by atoms with Crippen molar-refractivity contribution in [3.05, 3.63) is 47.8 Å². The average molecular weight is 183 g/mol. The Morgan fingerprint density at radius 1 is 1.21 bits per heavy atom. The van der Waals surface area contributed by atoms with Gasteiger partial charge in [0, 0.05) is 0 Å². The van der Waals surface area contributed by atoms with Crippen molar-refractivity contribution in [1.29, 1.82) is 0 Å². The molecule has 0 bridgehead atoms. The molecule has 0 atom stereocenters. The number of anilines is 1. The third-order valence-electron chi connectivity index (χ3n) is 2.40. The van der Waals surface area contributed by atoms with Crippen molar-refractivity contribution in [1.82, 2.24) is 0 Å². The average Bonchev–Trinajstić information content (AvgIpc) is 2.61. The van der Waals surface area contributed by atoms with Gasteiger partial charge < -0.3 is 4.90 Å². The highest BCUT2D eigenvalue weighted by molar-refractivity contribution is 5.72. The number of allylic oxidation sites excluding steroid dienone is 2. The molecule has 0 unspecified atom stereocenters. The fraction of sp³-hybridized carbons (Fsp3) is 0.0909. The first kappa shape index (κ1) is 7.50. The molecule has 0 N–H and O–H groups in total. The van der Waals surface area contributed by atoms with Gasteiger partial charge in [0.1, 0.15) is 6.67 Å². The summed E-state index contributed by atoms with van der Waals surface area (Å²) in [5.74, 6) is 0.922. The van der Waals surface area contributed by atoms with Crippen molar-refractivity contribution in [2.75, 3.05) is 11.6 Å². The van der Waals surface area contributed by atoms with E-state index in [0.29, 0.717) is 6.67 Å². The van der Waals surface area contributed by atoms with Crippen molar-refractivity contribution in [2.45, 2.75) is 0 Å². The minimum atomic E-state index is 0.629. The summed E-state index contributed by atoms with van der Waals surface area (Å²) in [6, 6.07) is 8.27. The van der Waals surface area contributed by atoms with Gasteiger partial charge in [-0.3, -0.25) is 0 Å². The number of benzene rings is 1. The fourth-order valence-electron chi connectivity index (χ4n) is 1.73. The van der Waals surface area contributed by atoms with Crippen LogP contribution in [0.15, 0.2) is 52.5 Å². The Labute approximate surface area is 82.1 Å². The Bertz CT molecular complexity index is 457. The molecule has 2 heterocycles. The Balaban J connectivity index is 2.20. The molecule has 14 heavy (non-hydrogen) atoms. The standard InChI is InChI=1S/C11H9N3/c1-2-6-10-9(4-1)5-3-7-11-13-12-8-14(10)11/h1-7H,8H2. The lowest BCUT2D eigenvalue weighted by atomic mass is 10.1. The molecule has 0 radical (unpaired) electrons. The van der Waals surface area contributed by atoms with E-state index < -0.39 is 0 Å². The van der Waals surface area contributed by atoms with Crippen molar-refractivity contribution >= 4 is 11.8 Å². The molecule has 68 valence electrons. The smallest absolute Gasteiger partial charge is 0.156 e. The summed E-state index contributed by atoms with van der Waals surface area (Å²) in [7, 11) is 0. The van der Waals surface area contributed by atoms with Gasteiger partial charge >= 0.3 is 0 Å². The molecule has 3 heteroatoms. The van der Waals surface area contributed by atoms with E-state index in [1.165, 1.54) is 11.3 Å². The Morgan fingerprint density at radius 2 is 2.14 bits per heavy atom. The third-order valence-corrected chi connectivity index (χ3v) is 2.40. The lowest BCUT2D eigenvalue weighted by Crippen LogP contribution is -2.17. The molecule has 0 saturated carbocycles. The molecule has 2 aliphatic heterocycles. The van der Waals surface area contributed by atoms with Crippen LogP contribution in [0.4, 0.5) is 5.69 Å². The predicted molar refractivity (Wildman–Crippen MR) is 55.8 cm³/mol. The number of azo groups is 1. The normalized spacial score (nSPS) is 17.4. The first-order valence-corrected chi connectivity index (χ1v) is 4.57. The lowest BCUT2D eigenvalue weighted by molar-refractivity contribution is 1.00. The van der Waals surface area contributed by atoms with Crippen molar-refractivity contribution < 1.29 is 0 Å². The van der Waals surface area contributed by atoms with Crippen molar-refractivity contribution in [2.24, 2.45) is 10.2 Å². The molecule has 0 saturated heterocycles. The van der Waals surface area contributed by atoms with Crippen molar-refractivity contribution in [3.8, 4) is 0 Å². The van der Waals surface area contributed by atoms with Gasteiger partial charge in [-0.25, -0.2) is 0 Å². The largest absolute Gasteiger partial charge is 0.302 e. The van der Waals surface area contributed by atoms with Gasteiger partial charge in [0.2, 0.25) is 0 Å². The van der Waals surface area contributed by atoms with Gasteiger partial charge in [-0.2, -0.15) is 5.11 Å². The lowest BCUT2D eigenvalue weighted by Gasteiger charge is -2.17. The van der Waals surface area contributed by atoms with Crippen LogP contribution in [0.2, 0.25) is 0 Å². The summed E-state index contributed by atoms with van der Waals surface area (Å²) in [5, 5.41) is 8.09. The fourth-order valence-corrected chi connectivity index (χ4v) is 1.73. The van der Waals surface area contributed by atoms with E-state index >= 15 is 0 Å². The summed E-state index contributed by atoms with van der Waals surface area (Å²) in [6.45, 7) is 0.629. The molecule has 2 aliphatic rings. The molecule has 1 aromatic rings. The first-order chi connectivity index (χ1) is 6.95. The van der Waals surface area contributed by atoms with E-state index in [2.05, 4.69) is 33.3 Å². The van der Waals surface area contributed by atoms with Crippen LogP contribution >= 0.6 is 0 Å². The quantitative estimate of drug-likeness (QED) is 0.607. The minimum Gasteiger partial charge on any atom is -0.302 e. The van der Waals surface area contributed by atoms with Gasteiger partial charge in [-0.1, -0.05) is 30.4 Å². The second kappa shape index (κ2) is 2.80. The van der Waals surface area contributed by atoms with Crippen LogP contribution in [0.25, 0.3) is 6.08 Å². The van der Waals surface area contributed by atoms with E-state index in [-0.39, 0.29) is 0 Å². The monoisotopic (exact) mass is 183 g/mol. The molecule has 3 rings (SSSR count). The molecule has 0 fully saturated rings. The van der Waals surface area contributed by atoms with Gasteiger partial charge in [-0.05, 0) is 17.7 Å². The van der Waals surface area contributed by atoms with Gasteiger partial charge in [0.15, 0.2) is 5.82 Å². The maximum absolute atomic E-state index is 4.08. The van der Waals surface area contributed by atoms with E-state index in [1.54, 1.807) is 0 Å². The summed E-state index contributed by atoms with van der Waals surface area (Å²) < 4.78 is 0. The topological polar surface area (TPSA) is 28.0 Å². The first-order valence-electron chi connectivity index (χ1n) is 4.57. The van der Waals surface area contributed by atoms with Crippen LogP contribution in [0, 0.1) is 0 Å². The van der Waals surface area contributed by atoms with Crippen LogP contribution in [0.3, 0.4) is 0 Å². The van der Waals surface area contributed by atoms with Gasteiger partial charge in [-0.15, -0.1) is 5.11 Å². The Morgan fingerprint density at radius 3 is 3.14 bits per heavy atom. The van der Waals surface area contributed by atoms with Crippen LogP contribution in [-0.4, -0.2) is 6.67 Å². The number of hydrogen-bond donors (Lipinski definition) is 0. The maximum Gasteiger partial charge on any atom is 0.156 e. The number of rotatable bonds is 0. The predicted octanol–water partition coefficient (Wildman–Crippen LogP) is 2.78. The highest BCUT2D eigenvalue weighted by atomic mass is 15.4. The van der Waals surface area contributed by atoms with E-state index in [1.807, 2.05) is 24.3 Å². The maximum atomic E-state index is 4.08. The summed E-state index contributed by atoms with van der Waals surface area (Å²) in [5.41, 5.74) is 2.39. The molecular formula is C11H9N3. The van der Waals surface area contributed by atoms with E-state index in [0.717, 1.165) is 5.82 Å². The van der Waals surface area contributed by atoms with Gasteiger partial charge in [0.25, 0.3) is 0 Å². The van der Waals surface area contributed by atoms with E-state index in [4.69, 9.17) is 0 Å². The number of para-hydroxylation sites is 1. The highest BCUT2D eigenvalue weighted by Crippen LogP contribution is 2.30.